The second-order valence-corrected chi connectivity index (χ2v) is 7.88. The fourth-order valence-corrected chi connectivity index (χ4v) is 3.63. The minimum atomic E-state index is 0.345. The molecule has 0 aromatic heterocycles. The van der Waals surface area contributed by atoms with Gasteiger partial charge in [0.05, 0.1) is 6.34 Å². The summed E-state index contributed by atoms with van der Waals surface area (Å²) < 4.78 is 0. The highest BCUT2D eigenvalue weighted by Crippen LogP contribution is 2.23. The first kappa shape index (κ1) is 21.3. The summed E-state index contributed by atoms with van der Waals surface area (Å²) in [6.07, 6.45) is 4.76. The van der Waals surface area contributed by atoms with Crippen LogP contribution in [0.15, 0.2) is 45.4 Å². The van der Waals surface area contributed by atoms with Crippen molar-refractivity contribution < 1.29 is 0 Å². The number of allylic oxidation sites excluding steroid dienone is 1. The maximum absolute atomic E-state index is 9.59. The van der Waals surface area contributed by atoms with Crippen LogP contribution in [-0.2, 0) is 0 Å². The number of aliphatic imine (C=N–C) groups is 1. The Morgan fingerprint density at radius 2 is 1.93 bits per heavy atom. The number of hydrogen-bond acceptors (Lipinski definition) is 5. The van der Waals surface area contributed by atoms with Gasteiger partial charge in [-0.05, 0) is 43.9 Å². The number of rotatable bonds is 5. The molecule has 1 fully saturated rings. The summed E-state index contributed by atoms with van der Waals surface area (Å²) in [5.74, 6) is 0. The van der Waals surface area contributed by atoms with Gasteiger partial charge in [-0.3, -0.25) is 0 Å². The zero-order valence-corrected chi connectivity index (χ0v) is 18.1. The minimum absolute atomic E-state index is 0.345. The Kier molecular flexibility index (Phi) is 8.14. The molecule has 7 heteroatoms. The average Bonchev–Trinajstić information content (AvgIpc) is 2.93. The quantitative estimate of drug-likeness (QED) is 0.187. The van der Waals surface area contributed by atoms with E-state index in [4.69, 9.17) is 12.2 Å². The predicted octanol–water partition coefficient (Wildman–Crippen LogP) is 3.64. The molecule has 1 aromatic rings. The molecule has 1 saturated heterocycles. The zero-order chi connectivity index (χ0) is 19.8. The van der Waals surface area contributed by atoms with Crippen LogP contribution in [0, 0.1) is 11.3 Å². The van der Waals surface area contributed by atoms with Crippen molar-refractivity contribution in [2.75, 3.05) is 51.4 Å². The van der Waals surface area contributed by atoms with Crippen molar-refractivity contribution in [1.29, 1.82) is 5.26 Å². The highest BCUT2D eigenvalue weighted by Gasteiger charge is 2.19. The van der Waals surface area contributed by atoms with E-state index in [9.17, 15) is 5.26 Å². The van der Waals surface area contributed by atoms with Gasteiger partial charge < -0.3 is 14.7 Å². The molecule has 0 bridgehead atoms. The number of nitriles is 1. The second kappa shape index (κ2) is 10.3. The highest BCUT2D eigenvalue weighted by molar-refractivity contribution is 7.98. The summed E-state index contributed by atoms with van der Waals surface area (Å²) in [6, 6.07) is 11.0. The number of thiocarbonyl (C=S) groups is 1. The number of anilines is 1. The van der Waals surface area contributed by atoms with Crippen molar-refractivity contribution in [3.63, 3.8) is 0 Å². The van der Waals surface area contributed by atoms with Crippen molar-refractivity contribution in [3.05, 3.63) is 35.5 Å². The molecule has 0 radical (unpaired) electrons. The number of hydrogen-bond donors (Lipinski definition) is 0. The minimum Gasteiger partial charge on any atom is -0.372 e. The molecule has 1 aliphatic heterocycles. The van der Waals surface area contributed by atoms with Gasteiger partial charge in [-0.2, -0.15) is 5.26 Å². The lowest BCUT2D eigenvalue weighted by Gasteiger charge is -2.26. The zero-order valence-electron chi connectivity index (χ0n) is 16.5. The molecule has 144 valence electrons. The van der Waals surface area contributed by atoms with Crippen molar-refractivity contribution in [3.8, 4) is 6.07 Å². The van der Waals surface area contributed by atoms with Crippen LogP contribution < -0.4 is 4.90 Å². The van der Waals surface area contributed by atoms with Crippen molar-refractivity contribution >= 4 is 41.0 Å². The van der Waals surface area contributed by atoms with Crippen LogP contribution in [0.25, 0.3) is 0 Å². The molecule has 1 aliphatic rings. The summed E-state index contributed by atoms with van der Waals surface area (Å²) in [5, 5.41) is 9.59. The topological polar surface area (TPSA) is 45.9 Å². The van der Waals surface area contributed by atoms with E-state index in [0.717, 1.165) is 38.3 Å². The standard InChI is InChI=1S/C20H27N5S2/c1-16(19(14-21)20(26)22-15-23(2)3)24-10-5-11-25(13-12-24)17-6-8-18(27-4)9-7-17/h6-9,15H,5,10-13H2,1-4H3/b19-16-,22-15+. The van der Waals surface area contributed by atoms with Gasteiger partial charge in [0.2, 0.25) is 0 Å². The lowest BCUT2D eigenvalue weighted by molar-refractivity contribution is 0.369. The van der Waals surface area contributed by atoms with Crippen molar-refractivity contribution in [2.24, 2.45) is 4.99 Å². The first-order valence-electron chi connectivity index (χ1n) is 8.96. The third-order valence-corrected chi connectivity index (χ3v) is 5.55. The maximum Gasteiger partial charge on any atom is 0.147 e. The van der Waals surface area contributed by atoms with Gasteiger partial charge in [0.15, 0.2) is 0 Å². The Morgan fingerprint density at radius 1 is 1.22 bits per heavy atom. The van der Waals surface area contributed by atoms with Gasteiger partial charge in [0.25, 0.3) is 0 Å². The van der Waals surface area contributed by atoms with Gasteiger partial charge >= 0.3 is 0 Å². The molecule has 0 aliphatic carbocycles. The Hall–Kier alpha value is -2.04. The normalized spacial score (nSPS) is 16.0. The average molecular weight is 402 g/mol. The predicted molar refractivity (Wildman–Crippen MR) is 120 cm³/mol. The Labute approximate surface area is 172 Å². The summed E-state index contributed by atoms with van der Waals surface area (Å²) >= 11 is 7.11. The van der Waals surface area contributed by atoms with Gasteiger partial charge in [0.1, 0.15) is 16.6 Å². The number of benzene rings is 1. The molecule has 5 nitrogen and oxygen atoms in total. The summed E-state index contributed by atoms with van der Waals surface area (Å²) in [4.78, 5) is 12.3. The molecular formula is C20H27N5S2. The molecule has 0 unspecified atom stereocenters. The molecule has 27 heavy (non-hydrogen) atoms. The fraction of sp³-hybridized carbons (Fsp3) is 0.450. The first-order chi connectivity index (χ1) is 13.0. The van der Waals surface area contributed by atoms with Crippen molar-refractivity contribution in [1.82, 2.24) is 9.80 Å². The number of thioether (sulfide) groups is 1. The summed E-state index contributed by atoms with van der Waals surface area (Å²) in [6.45, 7) is 5.67. The van der Waals surface area contributed by atoms with Crippen LogP contribution in [0.1, 0.15) is 13.3 Å². The molecule has 0 saturated carbocycles. The van der Waals surface area contributed by atoms with E-state index in [0.29, 0.717) is 10.6 Å². The Balaban J connectivity index is 2.11. The van der Waals surface area contributed by atoms with Gasteiger partial charge in [0, 0.05) is 56.6 Å². The van der Waals surface area contributed by atoms with Crippen LogP contribution in [0.2, 0.25) is 0 Å². The van der Waals surface area contributed by atoms with Gasteiger partial charge in [-0.15, -0.1) is 11.8 Å². The number of nitrogens with zero attached hydrogens (tertiary/aromatic N) is 5. The van der Waals surface area contributed by atoms with E-state index in [-0.39, 0.29) is 0 Å². The third-order valence-electron chi connectivity index (χ3n) is 4.50. The molecule has 1 aromatic carbocycles. The van der Waals surface area contributed by atoms with E-state index in [2.05, 4.69) is 51.4 Å². The highest BCUT2D eigenvalue weighted by atomic mass is 32.2. The Morgan fingerprint density at radius 3 is 2.52 bits per heavy atom. The SMILES string of the molecule is CSc1ccc(N2CCCN(/C(C)=C(/C#N)C(=S)/N=C/N(C)C)CC2)cc1. The Bertz CT molecular complexity index is 747. The van der Waals surface area contributed by atoms with E-state index < -0.39 is 0 Å². The summed E-state index contributed by atoms with van der Waals surface area (Å²) in [7, 11) is 3.76. The fourth-order valence-electron chi connectivity index (χ4n) is 2.98. The van der Waals surface area contributed by atoms with Crippen LogP contribution in [0.4, 0.5) is 5.69 Å². The molecule has 0 N–H and O–H groups in total. The first-order valence-corrected chi connectivity index (χ1v) is 10.6. The maximum atomic E-state index is 9.59. The molecule has 2 rings (SSSR count). The molecule has 1 heterocycles. The molecule has 0 amide bonds. The van der Waals surface area contributed by atoms with E-state index >= 15 is 0 Å². The van der Waals surface area contributed by atoms with Crippen LogP contribution >= 0.6 is 24.0 Å². The lowest BCUT2D eigenvalue weighted by Crippen LogP contribution is -2.30. The molecular weight excluding hydrogens is 374 g/mol. The largest absolute Gasteiger partial charge is 0.372 e. The smallest absolute Gasteiger partial charge is 0.147 e. The molecule has 0 spiro atoms. The second-order valence-electron chi connectivity index (χ2n) is 6.61. The summed E-state index contributed by atoms with van der Waals surface area (Å²) in [5.41, 5.74) is 2.65. The van der Waals surface area contributed by atoms with Gasteiger partial charge in [-0.1, -0.05) is 12.2 Å². The molecule has 0 atom stereocenters. The monoisotopic (exact) mass is 401 g/mol. The van der Waals surface area contributed by atoms with Crippen LogP contribution in [0.5, 0.6) is 0 Å². The van der Waals surface area contributed by atoms with Crippen LogP contribution in [0.3, 0.4) is 0 Å². The van der Waals surface area contributed by atoms with Crippen LogP contribution in [-0.4, -0.2) is 67.7 Å². The van der Waals surface area contributed by atoms with Gasteiger partial charge in [-0.25, -0.2) is 4.99 Å². The van der Waals surface area contributed by atoms with E-state index in [1.807, 2.05) is 25.9 Å². The third kappa shape index (κ3) is 5.98. The van der Waals surface area contributed by atoms with E-state index in [1.165, 1.54) is 10.6 Å². The van der Waals surface area contributed by atoms with E-state index in [1.54, 1.807) is 18.1 Å². The lowest BCUT2D eigenvalue weighted by atomic mass is 10.2. The van der Waals surface area contributed by atoms with Crippen molar-refractivity contribution in [2.45, 2.75) is 18.2 Å².